The Morgan fingerprint density at radius 2 is 2.05 bits per heavy atom. The topological polar surface area (TPSA) is 24.9 Å². The lowest BCUT2D eigenvalue weighted by Crippen LogP contribution is -2.25. The highest BCUT2D eigenvalue weighted by atomic mass is 35.5. The van der Waals surface area contributed by atoms with Crippen LogP contribution in [0.3, 0.4) is 0 Å². The average molecular weight is 289 g/mol. The molecule has 1 N–H and O–H groups in total. The summed E-state index contributed by atoms with van der Waals surface area (Å²) in [5, 5.41) is 5.55. The van der Waals surface area contributed by atoms with Gasteiger partial charge < -0.3 is 5.32 Å². The predicted octanol–water partition coefficient (Wildman–Crippen LogP) is 5.27. The largest absolute Gasteiger partial charge is 0.384 e. The molecular formula is C17H21ClN2. The maximum absolute atomic E-state index is 6.04. The van der Waals surface area contributed by atoms with Crippen LogP contribution < -0.4 is 5.32 Å². The number of fused-ring (bicyclic) bond motifs is 1. The molecule has 1 aliphatic carbocycles. The second kappa shape index (κ2) is 5.61. The van der Waals surface area contributed by atoms with Crippen molar-refractivity contribution in [2.45, 2.75) is 39.0 Å². The second-order valence-corrected chi connectivity index (χ2v) is 6.37. The first-order valence-electron chi connectivity index (χ1n) is 7.51. The van der Waals surface area contributed by atoms with Crippen molar-refractivity contribution in [3.8, 4) is 0 Å². The third-order valence-electron chi connectivity index (χ3n) is 4.77. The van der Waals surface area contributed by atoms with Crippen LogP contribution in [-0.4, -0.2) is 11.5 Å². The van der Waals surface area contributed by atoms with E-state index in [1.165, 1.54) is 37.8 Å². The molecule has 3 rings (SSSR count). The third-order valence-corrected chi connectivity index (χ3v) is 5.01. The highest BCUT2D eigenvalue weighted by Gasteiger charge is 2.31. The van der Waals surface area contributed by atoms with Gasteiger partial charge in [-0.2, -0.15) is 0 Å². The Balaban J connectivity index is 1.84. The molecule has 0 radical (unpaired) electrons. The van der Waals surface area contributed by atoms with E-state index in [0.29, 0.717) is 5.41 Å². The van der Waals surface area contributed by atoms with Crippen LogP contribution in [0.2, 0.25) is 5.02 Å². The molecule has 0 amide bonds. The molecule has 0 atom stereocenters. The number of nitrogens with zero attached hydrogens (tertiary/aromatic N) is 1. The van der Waals surface area contributed by atoms with Crippen molar-refractivity contribution in [1.29, 1.82) is 0 Å². The molecule has 106 valence electrons. The summed E-state index contributed by atoms with van der Waals surface area (Å²) in [4.78, 5) is 4.40. The molecule has 0 saturated heterocycles. The monoisotopic (exact) mass is 288 g/mol. The number of nitrogens with one attached hydrogen (secondary N) is 1. The maximum Gasteiger partial charge on any atom is 0.0737 e. The van der Waals surface area contributed by atoms with Crippen LogP contribution in [0.5, 0.6) is 0 Å². The Morgan fingerprint density at radius 3 is 2.80 bits per heavy atom. The summed E-state index contributed by atoms with van der Waals surface area (Å²) in [6.07, 6.45) is 8.57. The van der Waals surface area contributed by atoms with E-state index in [1.807, 2.05) is 18.3 Å². The summed E-state index contributed by atoms with van der Waals surface area (Å²) in [6, 6.07) is 7.98. The number of hydrogen-bond donors (Lipinski definition) is 1. The van der Waals surface area contributed by atoms with Gasteiger partial charge in [-0.15, -0.1) is 0 Å². The zero-order valence-corrected chi connectivity index (χ0v) is 12.7. The van der Waals surface area contributed by atoms with Crippen molar-refractivity contribution in [3.63, 3.8) is 0 Å². The minimum Gasteiger partial charge on any atom is -0.384 e. The number of halogens is 1. The van der Waals surface area contributed by atoms with Gasteiger partial charge in [0.1, 0.15) is 0 Å². The molecule has 1 aromatic heterocycles. The van der Waals surface area contributed by atoms with E-state index in [1.54, 1.807) is 0 Å². The van der Waals surface area contributed by atoms with Gasteiger partial charge in [0.2, 0.25) is 0 Å². The molecule has 1 fully saturated rings. The Kier molecular flexibility index (Phi) is 3.84. The van der Waals surface area contributed by atoms with E-state index >= 15 is 0 Å². The molecule has 1 saturated carbocycles. The summed E-state index contributed by atoms with van der Waals surface area (Å²) in [5.74, 6) is 0. The van der Waals surface area contributed by atoms with E-state index in [4.69, 9.17) is 11.6 Å². The van der Waals surface area contributed by atoms with Gasteiger partial charge in [0.05, 0.1) is 5.52 Å². The van der Waals surface area contributed by atoms with Gasteiger partial charge in [0.15, 0.2) is 0 Å². The minimum atomic E-state index is 0.488. The van der Waals surface area contributed by atoms with Crippen LogP contribution >= 0.6 is 11.6 Å². The molecule has 3 heteroatoms. The van der Waals surface area contributed by atoms with Gasteiger partial charge in [-0.25, -0.2) is 0 Å². The summed E-state index contributed by atoms with van der Waals surface area (Å²) in [5.41, 5.74) is 2.62. The van der Waals surface area contributed by atoms with Crippen molar-refractivity contribution in [2.24, 2.45) is 5.41 Å². The fraction of sp³-hybridized carbons (Fsp3) is 0.471. The van der Waals surface area contributed by atoms with Crippen LogP contribution in [0, 0.1) is 5.41 Å². The summed E-state index contributed by atoms with van der Waals surface area (Å²) >= 11 is 6.04. The van der Waals surface area contributed by atoms with Gasteiger partial charge in [0.25, 0.3) is 0 Å². The zero-order valence-electron chi connectivity index (χ0n) is 12.0. The molecule has 1 heterocycles. The molecule has 0 spiro atoms. The number of benzene rings is 1. The quantitative estimate of drug-likeness (QED) is 0.829. The van der Waals surface area contributed by atoms with Crippen LogP contribution in [0.4, 0.5) is 5.69 Å². The fourth-order valence-electron chi connectivity index (χ4n) is 3.34. The second-order valence-electron chi connectivity index (χ2n) is 5.93. The standard InChI is InChI=1S/C17H21ClN2/c1-2-17(8-3-4-9-17)12-20-15-7-10-19-16-11-13(18)5-6-14(15)16/h5-7,10-11H,2-4,8-9,12H2,1H3,(H,19,20). The van der Waals surface area contributed by atoms with E-state index in [-0.39, 0.29) is 0 Å². The molecule has 0 aliphatic heterocycles. The van der Waals surface area contributed by atoms with Crippen LogP contribution in [0.25, 0.3) is 10.9 Å². The predicted molar refractivity (Wildman–Crippen MR) is 86.4 cm³/mol. The Hall–Kier alpha value is -1.28. The van der Waals surface area contributed by atoms with E-state index in [0.717, 1.165) is 22.5 Å². The molecule has 0 bridgehead atoms. The molecular weight excluding hydrogens is 268 g/mol. The lowest BCUT2D eigenvalue weighted by Gasteiger charge is -2.28. The van der Waals surface area contributed by atoms with Gasteiger partial charge >= 0.3 is 0 Å². The van der Waals surface area contributed by atoms with Crippen LogP contribution in [0.15, 0.2) is 30.5 Å². The molecule has 2 nitrogen and oxygen atoms in total. The summed E-state index contributed by atoms with van der Waals surface area (Å²) in [6.45, 7) is 3.38. The number of aromatic nitrogens is 1. The molecule has 1 aliphatic rings. The smallest absolute Gasteiger partial charge is 0.0737 e. The maximum atomic E-state index is 6.04. The number of hydrogen-bond acceptors (Lipinski definition) is 2. The first kappa shape index (κ1) is 13.7. The minimum absolute atomic E-state index is 0.488. The van der Waals surface area contributed by atoms with Crippen LogP contribution in [0.1, 0.15) is 39.0 Å². The van der Waals surface area contributed by atoms with Gasteiger partial charge in [-0.3, -0.25) is 4.98 Å². The lowest BCUT2D eigenvalue weighted by molar-refractivity contribution is 0.307. The van der Waals surface area contributed by atoms with E-state index in [9.17, 15) is 0 Å². The number of rotatable bonds is 4. The SMILES string of the molecule is CCC1(CNc2ccnc3cc(Cl)ccc23)CCCC1. The molecule has 20 heavy (non-hydrogen) atoms. The third kappa shape index (κ3) is 2.62. The van der Waals surface area contributed by atoms with Crippen molar-refractivity contribution in [1.82, 2.24) is 4.98 Å². The summed E-state index contributed by atoms with van der Waals surface area (Å²) in [7, 11) is 0. The highest BCUT2D eigenvalue weighted by Crippen LogP contribution is 2.41. The normalized spacial score (nSPS) is 17.5. The van der Waals surface area contributed by atoms with Crippen LogP contribution in [-0.2, 0) is 0 Å². The van der Waals surface area contributed by atoms with Gasteiger partial charge in [-0.1, -0.05) is 31.4 Å². The fourth-order valence-corrected chi connectivity index (χ4v) is 3.50. The van der Waals surface area contributed by atoms with Gasteiger partial charge in [0, 0.05) is 28.8 Å². The van der Waals surface area contributed by atoms with Crippen molar-refractivity contribution in [3.05, 3.63) is 35.5 Å². The molecule has 1 aromatic carbocycles. The first-order chi connectivity index (χ1) is 9.72. The number of anilines is 1. The van der Waals surface area contributed by atoms with E-state index in [2.05, 4.69) is 29.4 Å². The Labute approximate surface area is 125 Å². The summed E-state index contributed by atoms with van der Waals surface area (Å²) < 4.78 is 0. The lowest BCUT2D eigenvalue weighted by atomic mass is 9.83. The van der Waals surface area contributed by atoms with Crippen molar-refractivity contribution >= 4 is 28.2 Å². The Bertz CT molecular complexity index is 603. The van der Waals surface area contributed by atoms with Crippen molar-refractivity contribution < 1.29 is 0 Å². The van der Waals surface area contributed by atoms with Crippen molar-refractivity contribution in [2.75, 3.05) is 11.9 Å². The first-order valence-corrected chi connectivity index (χ1v) is 7.88. The average Bonchev–Trinajstić information content (AvgIpc) is 2.94. The number of pyridine rings is 1. The van der Waals surface area contributed by atoms with E-state index < -0.39 is 0 Å². The van der Waals surface area contributed by atoms with Gasteiger partial charge in [-0.05, 0) is 48.9 Å². The molecule has 2 aromatic rings. The molecule has 0 unspecified atom stereocenters. The zero-order chi connectivity index (χ0) is 14.0. The Morgan fingerprint density at radius 1 is 1.25 bits per heavy atom. The highest BCUT2D eigenvalue weighted by molar-refractivity contribution is 6.31.